The Hall–Kier alpha value is -1.62. The van der Waals surface area contributed by atoms with Crippen molar-refractivity contribution >= 4 is 17.7 Å². The highest BCUT2D eigenvalue weighted by Gasteiger charge is 2.04. The first-order valence-electron chi connectivity index (χ1n) is 5.77. The first-order valence-corrected chi connectivity index (χ1v) is 7.00. The van der Waals surface area contributed by atoms with Crippen LogP contribution < -0.4 is 5.73 Å². The Morgan fingerprint density at radius 3 is 2.72 bits per heavy atom. The fraction of sp³-hybridized carbons (Fsp3) is 0.308. The summed E-state index contributed by atoms with van der Waals surface area (Å²) >= 11 is 1.48. The molecule has 0 spiro atoms. The monoisotopic (exact) mass is 260 g/mol. The van der Waals surface area contributed by atoms with Crippen molar-refractivity contribution in [2.75, 3.05) is 12.0 Å². The lowest BCUT2D eigenvalue weighted by atomic mass is 10.1. The summed E-state index contributed by atoms with van der Waals surface area (Å²) in [4.78, 5) is 12.6. The highest BCUT2D eigenvalue weighted by atomic mass is 32.2. The molecule has 0 fully saturated rings. The number of aromatic nitrogens is 3. The van der Waals surface area contributed by atoms with Crippen molar-refractivity contribution in [2.24, 2.45) is 0 Å². The Morgan fingerprint density at radius 1 is 1.17 bits per heavy atom. The van der Waals surface area contributed by atoms with Crippen LogP contribution in [0.3, 0.4) is 0 Å². The van der Waals surface area contributed by atoms with E-state index in [1.54, 1.807) is 0 Å². The van der Waals surface area contributed by atoms with Crippen molar-refractivity contribution in [3.8, 4) is 0 Å². The second-order valence-corrected chi connectivity index (χ2v) is 4.86. The lowest BCUT2D eigenvalue weighted by Crippen LogP contribution is -2.05. The highest BCUT2D eigenvalue weighted by molar-refractivity contribution is 7.98. The molecule has 0 aliphatic heterocycles. The van der Waals surface area contributed by atoms with Crippen molar-refractivity contribution in [3.05, 3.63) is 41.2 Å². The smallest absolute Gasteiger partial charge is 0.224 e. The Labute approximate surface area is 111 Å². The zero-order valence-corrected chi connectivity index (χ0v) is 11.4. The Balaban J connectivity index is 2.08. The number of thioether (sulfide) groups is 1. The molecule has 4 nitrogen and oxygen atoms in total. The van der Waals surface area contributed by atoms with Gasteiger partial charge in [-0.05, 0) is 25.2 Å². The first kappa shape index (κ1) is 12.8. The summed E-state index contributed by atoms with van der Waals surface area (Å²) in [6, 6.07) is 8.46. The van der Waals surface area contributed by atoms with Crippen LogP contribution in [0, 0.1) is 6.92 Å². The van der Waals surface area contributed by atoms with Crippen LogP contribution in [-0.2, 0) is 12.8 Å². The average Bonchev–Trinajstić information content (AvgIpc) is 2.36. The van der Waals surface area contributed by atoms with E-state index in [1.807, 2.05) is 6.26 Å². The summed E-state index contributed by atoms with van der Waals surface area (Å²) in [5.74, 6) is 1.06. The summed E-state index contributed by atoms with van der Waals surface area (Å²) in [7, 11) is 0. The summed E-state index contributed by atoms with van der Waals surface area (Å²) in [6.07, 6.45) is 3.63. The van der Waals surface area contributed by atoms with Gasteiger partial charge in [0.25, 0.3) is 0 Å². The van der Waals surface area contributed by atoms with Gasteiger partial charge in [-0.3, -0.25) is 0 Å². The van der Waals surface area contributed by atoms with Gasteiger partial charge in [0.05, 0.1) is 0 Å². The summed E-state index contributed by atoms with van der Waals surface area (Å²) in [5, 5.41) is 0.682. The van der Waals surface area contributed by atoms with Crippen molar-refractivity contribution in [3.63, 3.8) is 0 Å². The molecule has 0 saturated carbocycles. The number of aryl methyl sites for hydroxylation is 3. The maximum absolute atomic E-state index is 5.65. The van der Waals surface area contributed by atoms with Crippen LogP contribution in [0.5, 0.6) is 0 Å². The van der Waals surface area contributed by atoms with Gasteiger partial charge in [0.1, 0.15) is 5.82 Å². The molecule has 94 valence electrons. The third kappa shape index (κ3) is 3.43. The molecule has 0 saturated heterocycles. The topological polar surface area (TPSA) is 64.7 Å². The highest BCUT2D eigenvalue weighted by Crippen LogP contribution is 2.11. The largest absolute Gasteiger partial charge is 0.368 e. The lowest BCUT2D eigenvalue weighted by Gasteiger charge is -2.04. The summed E-state index contributed by atoms with van der Waals surface area (Å²) in [5.41, 5.74) is 8.21. The predicted molar refractivity (Wildman–Crippen MR) is 74.6 cm³/mol. The van der Waals surface area contributed by atoms with Gasteiger partial charge in [-0.15, -0.1) is 0 Å². The van der Waals surface area contributed by atoms with Gasteiger partial charge in [0.15, 0.2) is 5.16 Å². The van der Waals surface area contributed by atoms with E-state index < -0.39 is 0 Å². The third-order valence-electron chi connectivity index (χ3n) is 2.58. The molecule has 0 amide bonds. The lowest BCUT2D eigenvalue weighted by molar-refractivity contribution is 0.789. The maximum atomic E-state index is 5.65. The van der Waals surface area contributed by atoms with Gasteiger partial charge >= 0.3 is 0 Å². The van der Waals surface area contributed by atoms with Crippen LogP contribution >= 0.6 is 11.8 Å². The molecule has 2 rings (SSSR count). The molecule has 1 aromatic heterocycles. The number of rotatable bonds is 4. The van der Waals surface area contributed by atoms with E-state index in [4.69, 9.17) is 5.73 Å². The van der Waals surface area contributed by atoms with Crippen molar-refractivity contribution < 1.29 is 0 Å². The molecule has 1 heterocycles. The molecule has 0 aliphatic carbocycles. The van der Waals surface area contributed by atoms with Crippen LogP contribution in [0.4, 0.5) is 5.95 Å². The van der Waals surface area contributed by atoms with Crippen molar-refractivity contribution in [1.82, 2.24) is 15.0 Å². The van der Waals surface area contributed by atoms with Gasteiger partial charge in [0, 0.05) is 6.42 Å². The quantitative estimate of drug-likeness (QED) is 0.854. The van der Waals surface area contributed by atoms with E-state index in [-0.39, 0.29) is 0 Å². The van der Waals surface area contributed by atoms with Gasteiger partial charge in [-0.1, -0.05) is 41.6 Å². The van der Waals surface area contributed by atoms with Crippen LogP contribution in [-0.4, -0.2) is 21.2 Å². The molecular formula is C13H16N4S. The maximum Gasteiger partial charge on any atom is 0.224 e. The molecule has 18 heavy (non-hydrogen) atoms. The molecule has 1 aromatic carbocycles. The number of nitrogens with zero attached hydrogens (tertiary/aromatic N) is 3. The van der Waals surface area contributed by atoms with Crippen molar-refractivity contribution in [2.45, 2.75) is 24.9 Å². The average molecular weight is 260 g/mol. The van der Waals surface area contributed by atoms with Crippen LogP contribution in [0.15, 0.2) is 29.4 Å². The third-order valence-corrected chi connectivity index (χ3v) is 3.13. The van der Waals surface area contributed by atoms with Gasteiger partial charge in [0.2, 0.25) is 5.95 Å². The van der Waals surface area contributed by atoms with Crippen LogP contribution in [0.25, 0.3) is 0 Å². The Morgan fingerprint density at radius 2 is 2.00 bits per heavy atom. The van der Waals surface area contributed by atoms with E-state index in [9.17, 15) is 0 Å². The number of nitrogens with two attached hydrogens (primary N) is 1. The number of nitrogen functional groups attached to an aromatic ring is 1. The fourth-order valence-electron chi connectivity index (χ4n) is 1.74. The molecule has 0 atom stereocenters. The fourth-order valence-corrected chi connectivity index (χ4v) is 2.12. The standard InChI is InChI=1S/C13H16N4S/c1-9-4-3-5-10(8-9)6-7-11-15-12(14)17-13(16-11)18-2/h3-5,8H,6-7H2,1-2H3,(H2,14,15,16,17). The van der Waals surface area contributed by atoms with Crippen LogP contribution in [0.2, 0.25) is 0 Å². The molecular weight excluding hydrogens is 244 g/mol. The summed E-state index contributed by atoms with van der Waals surface area (Å²) < 4.78 is 0. The molecule has 0 radical (unpaired) electrons. The number of benzene rings is 1. The second kappa shape index (κ2) is 5.82. The number of hydrogen-bond donors (Lipinski definition) is 1. The SMILES string of the molecule is CSc1nc(N)nc(CCc2cccc(C)c2)n1. The minimum atomic E-state index is 0.300. The van der Waals surface area contributed by atoms with E-state index in [0.29, 0.717) is 11.1 Å². The van der Waals surface area contributed by atoms with Gasteiger partial charge in [-0.25, -0.2) is 4.98 Å². The zero-order valence-electron chi connectivity index (χ0n) is 10.6. The Bertz CT molecular complexity index is 542. The zero-order chi connectivity index (χ0) is 13.0. The minimum Gasteiger partial charge on any atom is -0.368 e. The normalized spacial score (nSPS) is 10.6. The molecule has 0 aliphatic rings. The van der Waals surface area contributed by atoms with E-state index in [0.717, 1.165) is 18.7 Å². The first-order chi connectivity index (χ1) is 8.67. The second-order valence-electron chi connectivity index (χ2n) is 4.09. The minimum absolute atomic E-state index is 0.300. The molecule has 0 unspecified atom stereocenters. The summed E-state index contributed by atoms with van der Waals surface area (Å²) in [6.45, 7) is 2.09. The Kier molecular flexibility index (Phi) is 4.15. The number of hydrogen-bond acceptors (Lipinski definition) is 5. The van der Waals surface area contributed by atoms with Crippen molar-refractivity contribution in [1.29, 1.82) is 0 Å². The molecule has 2 N–H and O–H groups in total. The van der Waals surface area contributed by atoms with E-state index >= 15 is 0 Å². The van der Waals surface area contributed by atoms with E-state index in [2.05, 4.69) is 46.1 Å². The molecule has 2 aromatic rings. The number of anilines is 1. The van der Waals surface area contributed by atoms with Gasteiger partial charge in [-0.2, -0.15) is 9.97 Å². The predicted octanol–water partition coefficient (Wildman–Crippen LogP) is 2.27. The molecule has 0 bridgehead atoms. The van der Waals surface area contributed by atoms with Gasteiger partial charge < -0.3 is 5.73 Å². The van der Waals surface area contributed by atoms with E-state index in [1.165, 1.54) is 22.9 Å². The van der Waals surface area contributed by atoms with Crippen LogP contribution in [0.1, 0.15) is 17.0 Å². The molecule has 5 heteroatoms.